The molecule has 1 N–H and O–H groups in total. The van der Waals surface area contributed by atoms with E-state index in [4.69, 9.17) is 0 Å². The van der Waals surface area contributed by atoms with Crippen LogP contribution < -0.4 is 5.32 Å². The Labute approximate surface area is 115 Å². The van der Waals surface area contributed by atoms with Crippen molar-refractivity contribution in [3.05, 3.63) is 41.5 Å². The molecule has 0 spiro atoms. The van der Waals surface area contributed by atoms with Crippen molar-refractivity contribution in [2.45, 2.75) is 39.8 Å². The summed E-state index contributed by atoms with van der Waals surface area (Å²) >= 11 is 0. The molecular formula is C15H24N4. The highest BCUT2D eigenvalue weighted by molar-refractivity contribution is 5.17. The van der Waals surface area contributed by atoms with Crippen LogP contribution in [0.4, 0.5) is 0 Å². The minimum atomic E-state index is 0.458. The summed E-state index contributed by atoms with van der Waals surface area (Å²) in [5, 5.41) is 7.90. The number of nitrogens with zero attached hydrogens (tertiary/aromatic N) is 3. The largest absolute Gasteiger partial charge is 0.348 e. The van der Waals surface area contributed by atoms with E-state index in [2.05, 4.69) is 53.4 Å². The second-order valence-corrected chi connectivity index (χ2v) is 5.04. The third-order valence-corrected chi connectivity index (χ3v) is 3.48. The fourth-order valence-corrected chi connectivity index (χ4v) is 2.51. The van der Waals surface area contributed by atoms with Gasteiger partial charge >= 0.3 is 0 Å². The zero-order valence-corrected chi connectivity index (χ0v) is 12.3. The van der Waals surface area contributed by atoms with Gasteiger partial charge in [-0.15, -0.1) is 0 Å². The van der Waals surface area contributed by atoms with Gasteiger partial charge in [-0.1, -0.05) is 13.8 Å². The maximum atomic E-state index is 4.39. The summed E-state index contributed by atoms with van der Waals surface area (Å²) in [5.41, 5.74) is 3.67. The van der Waals surface area contributed by atoms with Gasteiger partial charge in [0.1, 0.15) is 0 Å². The number of rotatable bonds is 6. The van der Waals surface area contributed by atoms with Crippen molar-refractivity contribution in [3.63, 3.8) is 0 Å². The van der Waals surface area contributed by atoms with Crippen molar-refractivity contribution in [1.82, 2.24) is 19.7 Å². The summed E-state index contributed by atoms with van der Waals surface area (Å²) in [6.45, 7) is 8.28. The molecule has 0 amide bonds. The molecular weight excluding hydrogens is 236 g/mol. The van der Waals surface area contributed by atoms with Gasteiger partial charge in [-0.3, -0.25) is 4.68 Å². The van der Waals surface area contributed by atoms with Crippen molar-refractivity contribution in [2.75, 3.05) is 6.54 Å². The van der Waals surface area contributed by atoms with Crippen LogP contribution in [0.1, 0.15) is 43.3 Å². The molecule has 19 heavy (non-hydrogen) atoms. The van der Waals surface area contributed by atoms with E-state index in [1.54, 1.807) is 0 Å². The molecule has 0 saturated carbocycles. The third kappa shape index (κ3) is 3.26. The van der Waals surface area contributed by atoms with Crippen molar-refractivity contribution in [3.8, 4) is 0 Å². The van der Waals surface area contributed by atoms with E-state index in [0.717, 1.165) is 25.2 Å². The van der Waals surface area contributed by atoms with E-state index in [9.17, 15) is 0 Å². The van der Waals surface area contributed by atoms with Crippen LogP contribution in [0.3, 0.4) is 0 Å². The zero-order valence-electron chi connectivity index (χ0n) is 12.3. The minimum Gasteiger partial charge on any atom is -0.348 e. The first-order valence-corrected chi connectivity index (χ1v) is 7.02. The van der Waals surface area contributed by atoms with Crippen LogP contribution >= 0.6 is 0 Å². The van der Waals surface area contributed by atoms with Gasteiger partial charge in [-0.05, 0) is 37.6 Å². The lowest BCUT2D eigenvalue weighted by Gasteiger charge is -2.14. The van der Waals surface area contributed by atoms with Crippen LogP contribution in [0.5, 0.6) is 0 Å². The highest BCUT2D eigenvalue weighted by atomic mass is 15.3. The Hall–Kier alpha value is -1.55. The Bertz CT molecular complexity index is 524. The molecule has 0 aliphatic rings. The van der Waals surface area contributed by atoms with Gasteiger partial charge < -0.3 is 9.88 Å². The van der Waals surface area contributed by atoms with Crippen molar-refractivity contribution >= 4 is 0 Å². The average molecular weight is 260 g/mol. The molecule has 0 aliphatic heterocycles. The number of aromatic nitrogens is 3. The van der Waals surface area contributed by atoms with E-state index in [1.807, 2.05) is 18.7 Å². The van der Waals surface area contributed by atoms with Crippen LogP contribution in [-0.4, -0.2) is 20.9 Å². The second-order valence-electron chi connectivity index (χ2n) is 5.04. The maximum absolute atomic E-state index is 4.39. The van der Waals surface area contributed by atoms with Crippen LogP contribution in [0.15, 0.2) is 24.5 Å². The van der Waals surface area contributed by atoms with Gasteiger partial charge in [0.05, 0.1) is 17.9 Å². The summed E-state index contributed by atoms with van der Waals surface area (Å²) in [7, 11) is 2.00. The van der Waals surface area contributed by atoms with Crippen LogP contribution in [0, 0.1) is 6.92 Å². The third-order valence-electron chi connectivity index (χ3n) is 3.48. The molecule has 0 fully saturated rings. The highest BCUT2D eigenvalue weighted by Gasteiger charge is 2.10. The molecule has 4 nitrogen and oxygen atoms in total. The van der Waals surface area contributed by atoms with E-state index in [1.165, 1.54) is 11.3 Å². The van der Waals surface area contributed by atoms with Crippen LogP contribution in [0.25, 0.3) is 0 Å². The molecule has 1 unspecified atom stereocenters. The van der Waals surface area contributed by atoms with Gasteiger partial charge in [0, 0.05) is 25.5 Å². The maximum Gasteiger partial charge on any atom is 0.0639 e. The predicted molar refractivity (Wildman–Crippen MR) is 78.2 cm³/mol. The molecule has 0 bridgehead atoms. The van der Waals surface area contributed by atoms with Crippen LogP contribution in [0.2, 0.25) is 0 Å². The van der Waals surface area contributed by atoms with Gasteiger partial charge in [0.15, 0.2) is 0 Å². The topological polar surface area (TPSA) is 34.8 Å². The average Bonchev–Trinajstić information content (AvgIpc) is 2.94. The first kappa shape index (κ1) is 13.9. The van der Waals surface area contributed by atoms with E-state index in [-0.39, 0.29) is 0 Å². The van der Waals surface area contributed by atoms with Crippen molar-refractivity contribution in [2.24, 2.45) is 7.05 Å². The van der Waals surface area contributed by atoms with Crippen LogP contribution in [-0.2, 0) is 13.6 Å². The lowest BCUT2D eigenvalue weighted by atomic mass is 10.1. The Morgan fingerprint density at radius 1 is 1.37 bits per heavy atom. The molecule has 2 aromatic rings. The van der Waals surface area contributed by atoms with Gasteiger partial charge in [0.2, 0.25) is 0 Å². The Morgan fingerprint density at radius 2 is 2.16 bits per heavy atom. The van der Waals surface area contributed by atoms with Gasteiger partial charge in [-0.25, -0.2) is 0 Å². The zero-order chi connectivity index (χ0) is 13.8. The Kier molecular flexibility index (Phi) is 4.43. The molecule has 4 heteroatoms. The summed E-state index contributed by atoms with van der Waals surface area (Å²) in [5.74, 6) is 0. The summed E-state index contributed by atoms with van der Waals surface area (Å²) in [6, 6.07) is 4.81. The Balaban J connectivity index is 2.10. The highest BCUT2D eigenvalue weighted by Crippen LogP contribution is 2.17. The molecule has 2 aromatic heterocycles. The molecule has 2 rings (SSSR count). The Morgan fingerprint density at radius 3 is 2.74 bits per heavy atom. The number of hydrogen-bond acceptors (Lipinski definition) is 2. The quantitative estimate of drug-likeness (QED) is 0.866. The van der Waals surface area contributed by atoms with Crippen molar-refractivity contribution in [1.29, 1.82) is 0 Å². The molecule has 0 saturated heterocycles. The summed E-state index contributed by atoms with van der Waals surface area (Å²) < 4.78 is 4.18. The fourth-order valence-electron chi connectivity index (χ4n) is 2.51. The minimum absolute atomic E-state index is 0.458. The predicted octanol–water partition coefficient (Wildman–Crippen LogP) is 2.64. The molecule has 0 aliphatic carbocycles. The van der Waals surface area contributed by atoms with E-state index >= 15 is 0 Å². The summed E-state index contributed by atoms with van der Waals surface area (Å²) in [6.07, 6.45) is 5.50. The lowest BCUT2D eigenvalue weighted by Crippen LogP contribution is -2.19. The summed E-state index contributed by atoms with van der Waals surface area (Å²) in [4.78, 5) is 0. The number of aryl methyl sites for hydroxylation is 2. The number of nitrogens with one attached hydrogen (secondary N) is 1. The van der Waals surface area contributed by atoms with E-state index in [0.29, 0.717) is 6.04 Å². The molecule has 104 valence electrons. The second kappa shape index (κ2) is 6.06. The molecule has 0 radical (unpaired) electrons. The van der Waals surface area contributed by atoms with Crippen molar-refractivity contribution < 1.29 is 0 Å². The van der Waals surface area contributed by atoms with Gasteiger partial charge in [-0.2, -0.15) is 5.10 Å². The monoisotopic (exact) mass is 260 g/mol. The standard InChI is InChI=1S/C15H24N4/c1-5-15(16-6-2)13-7-8-19(10-13)11-14-9-12(3)17-18(14)4/h7-10,15-16H,5-6,11H2,1-4H3. The first-order valence-electron chi connectivity index (χ1n) is 7.02. The normalized spacial score (nSPS) is 12.8. The van der Waals surface area contributed by atoms with E-state index < -0.39 is 0 Å². The van der Waals surface area contributed by atoms with Gasteiger partial charge in [0.25, 0.3) is 0 Å². The number of hydrogen-bond donors (Lipinski definition) is 1. The first-order chi connectivity index (χ1) is 9.13. The smallest absolute Gasteiger partial charge is 0.0639 e. The molecule has 0 aromatic carbocycles. The lowest BCUT2D eigenvalue weighted by molar-refractivity contribution is 0.536. The fraction of sp³-hybridized carbons (Fsp3) is 0.533. The molecule has 1 atom stereocenters. The molecule has 2 heterocycles. The SMILES string of the molecule is CCNC(CC)c1ccn(Cc2cc(C)nn2C)c1.